The van der Waals surface area contributed by atoms with E-state index in [0.717, 1.165) is 11.1 Å². The quantitative estimate of drug-likeness (QED) is 0.836. The number of anilines is 1. The van der Waals surface area contributed by atoms with Gasteiger partial charge < -0.3 is 10.4 Å². The number of amides is 1. The summed E-state index contributed by atoms with van der Waals surface area (Å²) in [5.41, 5.74) is 2.40. The molecule has 2 rings (SSSR count). The Morgan fingerprint density at radius 3 is 2.90 bits per heavy atom. The van der Waals surface area contributed by atoms with Crippen LogP contribution < -0.4 is 5.32 Å². The summed E-state index contributed by atoms with van der Waals surface area (Å²) < 4.78 is 0. The molecule has 0 aliphatic carbocycles. The molecule has 1 heterocycles. The first-order valence-electron chi connectivity index (χ1n) is 5.86. The second-order valence-corrected chi connectivity index (χ2v) is 5.36. The molecule has 1 aromatic carbocycles. The Labute approximate surface area is 126 Å². The number of nitrogens with one attached hydrogen (secondary N) is 1. The summed E-state index contributed by atoms with van der Waals surface area (Å²) in [4.78, 5) is 12.5. The standard InChI is InChI=1S/C15H12ClNO2S/c1-10-4-5-12(9-11(10)3-2-7-18)17-15(19)14-13(16)6-8-20-14/h4-6,8-9,18H,7H2,1H3,(H,17,19). The Balaban J connectivity index is 2.22. The Bertz CT molecular complexity index is 697. The molecule has 102 valence electrons. The van der Waals surface area contributed by atoms with E-state index in [1.807, 2.05) is 13.0 Å². The first kappa shape index (κ1) is 14.6. The first-order valence-corrected chi connectivity index (χ1v) is 7.12. The van der Waals surface area contributed by atoms with Crippen molar-refractivity contribution in [2.75, 3.05) is 11.9 Å². The van der Waals surface area contributed by atoms with E-state index in [-0.39, 0.29) is 12.5 Å². The maximum Gasteiger partial charge on any atom is 0.267 e. The predicted molar refractivity (Wildman–Crippen MR) is 82.4 cm³/mol. The molecule has 0 unspecified atom stereocenters. The second-order valence-electron chi connectivity index (χ2n) is 4.04. The number of hydrogen-bond acceptors (Lipinski definition) is 3. The van der Waals surface area contributed by atoms with E-state index in [2.05, 4.69) is 17.2 Å². The van der Waals surface area contributed by atoms with E-state index >= 15 is 0 Å². The maximum atomic E-state index is 12.0. The van der Waals surface area contributed by atoms with Gasteiger partial charge in [-0.2, -0.15) is 0 Å². The molecule has 0 aliphatic heterocycles. The molecular formula is C15H12ClNO2S. The van der Waals surface area contributed by atoms with Crippen molar-refractivity contribution in [3.63, 3.8) is 0 Å². The maximum absolute atomic E-state index is 12.0. The van der Waals surface area contributed by atoms with Crippen molar-refractivity contribution >= 4 is 34.5 Å². The minimum atomic E-state index is -0.241. The Hall–Kier alpha value is -1.80. The third-order valence-corrected chi connectivity index (χ3v) is 3.96. The number of hydrogen-bond donors (Lipinski definition) is 2. The number of benzene rings is 1. The number of halogens is 1. The summed E-state index contributed by atoms with van der Waals surface area (Å²) in [6, 6.07) is 7.14. The van der Waals surface area contributed by atoms with Crippen molar-refractivity contribution in [3.05, 3.63) is 50.7 Å². The van der Waals surface area contributed by atoms with E-state index in [1.54, 1.807) is 23.6 Å². The molecule has 0 radical (unpaired) electrons. The first-order chi connectivity index (χ1) is 9.61. The summed E-state index contributed by atoms with van der Waals surface area (Å²) >= 11 is 7.22. The lowest BCUT2D eigenvalue weighted by Gasteiger charge is -2.06. The fraction of sp³-hybridized carbons (Fsp3) is 0.133. The highest BCUT2D eigenvalue weighted by Crippen LogP contribution is 2.23. The average Bonchev–Trinajstić information content (AvgIpc) is 2.85. The fourth-order valence-corrected chi connectivity index (χ4v) is 2.65. The van der Waals surface area contributed by atoms with Crippen LogP contribution in [-0.4, -0.2) is 17.6 Å². The van der Waals surface area contributed by atoms with Crippen molar-refractivity contribution in [3.8, 4) is 11.8 Å². The van der Waals surface area contributed by atoms with Gasteiger partial charge in [0.25, 0.3) is 5.91 Å². The lowest BCUT2D eigenvalue weighted by molar-refractivity contribution is 0.103. The largest absolute Gasteiger partial charge is 0.384 e. The molecule has 2 N–H and O–H groups in total. The molecule has 5 heteroatoms. The van der Waals surface area contributed by atoms with Crippen molar-refractivity contribution in [1.29, 1.82) is 0 Å². The van der Waals surface area contributed by atoms with E-state index in [9.17, 15) is 4.79 Å². The highest BCUT2D eigenvalue weighted by molar-refractivity contribution is 7.12. The summed E-state index contributed by atoms with van der Waals surface area (Å²) in [5, 5.41) is 13.7. The minimum absolute atomic E-state index is 0.194. The van der Waals surface area contributed by atoms with Gasteiger partial charge in [-0.15, -0.1) is 11.3 Å². The number of aliphatic hydroxyl groups is 1. The third-order valence-electron chi connectivity index (χ3n) is 2.62. The molecule has 3 nitrogen and oxygen atoms in total. The third kappa shape index (κ3) is 3.40. The molecule has 0 saturated heterocycles. The van der Waals surface area contributed by atoms with E-state index in [4.69, 9.17) is 16.7 Å². The number of rotatable bonds is 2. The lowest BCUT2D eigenvalue weighted by atomic mass is 10.1. The zero-order valence-corrected chi connectivity index (χ0v) is 12.3. The monoisotopic (exact) mass is 305 g/mol. The lowest BCUT2D eigenvalue weighted by Crippen LogP contribution is -2.10. The summed E-state index contributed by atoms with van der Waals surface area (Å²) in [6.07, 6.45) is 0. The van der Waals surface area contributed by atoms with Crippen molar-refractivity contribution in [2.24, 2.45) is 0 Å². The van der Waals surface area contributed by atoms with Gasteiger partial charge in [0.2, 0.25) is 0 Å². The molecule has 2 aromatic rings. The number of thiophene rings is 1. The van der Waals surface area contributed by atoms with Crippen molar-refractivity contribution in [1.82, 2.24) is 0 Å². The molecule has 20 heavy (non-hydrogen) atoms. The van der Waals surface area contributed by atoms with Crippen LogP contribution >= 0.6 is 22.9 Å². The highest BCUT2D eigenvalue weighted by atomic mass is 35.5. The van der Waals surface area contributed by atoms with Crippen LogP contribution in [0, 0.1) is 18.8 Å². The van der Waals surface area contributed by atoms with Gasteiger partial charge in [0.15, 0.2) is 0 Å². The summed E-state index contributed by atoms with van der Waals surface area (Å²) in [6.45, 7) is 1.73. The van der Waals surface area contributed by atoms with Crippen LogP contribution in [-0.2, 0) is 0 Å². The molecule has 0 saturated carbocycles. The second kappa shape index (κ2) is 6.58. The minimum Gasteiger partial charge on any atom is -0.384 e. The van der Waals surface area contributed by atoms with Gasteiger partial charge in [-0.1, -0.05) is 29.5 Å². The topological polar surface area (TPSA) is 49.3 Å². The van der Waals surface area contributed by atoms with Crippen LogP contribution in [0.2, 0.25) is 5.02 Å². The zero-order chi connectivity index (χ0) is 14.5. The number of aryl methyl sites for hydroxylation is 1. The predicted octanol–water partition coefficient (Wildman–Crippen LogP) is 3.31. The number of carbonyl (C=O) groups is 1. The van der Waals surface area contributed by atoms with Crippen LogP contribution in [0.5, 0.6) is 0 Å². The normalized spacial score (nSPS) is 9.75. The smallest absolute Gasteiger partial charge is 0.267 e. The Kier molecular flexibility index (Phi) is 4.80. The van der Waals surface area contributed by atoms with Gasteiger partial charge >= 0.3 is 0 Å². The summed E-state index contributed by atoms with van der Waals surface area (Å²) in [7, 11) is 0. The van der Waals surface area contributed by atoms with E-state index < -0.39 is 0 Å². The molecule has 1 aromatic heterocycles. The van der Waals surface area contributed by atoms with Crippen LogP contribution in [0.3, 0.4) is 0 Å². The van der Waals surface area contributed by atoms with Gasteiger partial charge in [-0.25, -0.2) is 0 Å². The van der Waals surface area contributed by atoms with E-state index in [0.29, 0.717) is 15.6 Å². The molecule has 0 fully saturated rings. The van der Waals surface area contributed by atoms with Crippen LogP contribution in [0.4, 0.5) is 5.69 Å². The SMILES string of the molecule is Cc1ccc(NC(=O)c2sccc2Cl)cc1C#CCO. The van der Waals surface area contributed by atoms with Crippen molar-refractivity contribution < 1.29 is 9.90 Å². The number of carbonyl (C=O) groups excluding carboxylic acids is 1. The van der Waals surface area contributed by atoms with Crippen LogP contribution in [0.15, 0.2) is 29.6 Å². The number of aliphatic hydroxyl groups excluding tert-OH is 1. The molecule has 0 aliphatic rings. The van der Waals surface area contributed by atoms with Gasteiger partial charge in [-0.3, -0.25) is 4.79 Å². The Morgan fingerprint density at radius 1 is 1.45 bits per heavy atom. The molecule has 0 bridgehead atoms. The van der Waals surface area contributed by atoms with E-state index in [1.165, 1.54) is 11.3 Å². The fourth-order valence-electron chi connectivity index (χ4n) is 1.61. The highest BCUT2D eigenvalue weighted by Gasteiger charge is 2.12. The molecular weight excluding hydrogens is 294 g/mol. The van der Waals surface area contributed by atoms with Crippen LogP contribution in [0.1, 0.15) is 20.8 Å². The summed E-state index contributed by atoms with van der Waals surface area (Å²) in [5.74, 6) is 5.20. The average molecular weight is 306 g/mol. The molecule has 0 atom stereocenters. The zero-order valence-electron chi connectivity index (χ0n) is 10.7. The molecule has 1 amide bonds. The Morgan fingerprint density at radius 2 is 2.25 bits per heavy atom. The van der Waals surface area contributed by atoms with Crippen LogP contribution in [0.25, 0.3) is 0 Å². The van der Waals surface area contributed by atoms with Gasteiger partial charge in [0, 0.05) is 11.3 Å². The van der Waals surface area contributed by atoms with Gasteiger partial charge in [0.1, 0.15) is 11.5 Å². The van der Waals surface area contributed by atoms with Gasteiger partial charge in [0.05, 0.1) is 5.02 Å². The van der Waals surface area contributed by atoms with Crippen molar-refractivity contribution in [2.45, 2.75) is 6.92 Å². The molecule has 0 spiro atoms. The van der Waals surface area contributed by atoms with Gasteiger partial charge in [-0.05, 0) is 36.1 Å².